The predicted molar refractivity (Wildman–Crippen MR) is 113 cm³/mol. The van der Waals surface area contributed by atoms with Gasteiger partial charge in [0.05, 0.1) is 6.61 Å². The first-order chi connectivity index (χ1) is 11.2. The molecule has 1 aromatic rings. The standard InChI is InChI=1S/C17H27N3O2S.HI/c1-5-21-15-9-13-8-12(2)22-16(13)10-14(15)11-20-17(18-3)19-6-7-23-4;/h9-10,12H,5-8,11H2,1-4H3,(H2,18,19,20);1H. The maximum atomic E-state index is 5.86. The number of hydrogen-bond donors (Lipinski definition) is 2. The molecule has 1 unspecified atom stereocenters. The fourth-order valence-electron chi connectivity index (χ4n) is 2.58. The number of halogens is 1. The molecule has 0 radical (unpaired) electrons. The Hall–Kier alpha value is -0.830. The Morgan fingerprint density at radius 1 is 1.42 bits per heavy atom. The third-order valence-electron chi connectivity index (χ3n) is 3.65. The monoisotopic (exact) mass is 465 g/mol. The van der Waals surface area contributed by atoms with Gasteiger partial charge in [0.1, 0.15) is 17.6 Å². The lowest BCUT2D eigenvalue weighted by Gasteiger charge is -2.15. The number of hydrogen-bond acceptors (Lipinski definition) is 4. The van der Waals surface area contributed by atoms with Crippen LogP contribution < -0.4 is 20.1 Å². The molecule has 24 heavy (non-hydrogen) atoms. The molecule has 0 spiro atoms. The summed E-state index contributed by atoms with van der Waals surface area (Å²) in [5, 5.41) is 6.64. The summed E-state index contributed by atoms with van der Waals surface area (Å²) in [6.07, 6.45) is 3.28. The summed E-state index contributed by atoms with van der Waals surface area (Å²) in [4.78, 5) is 4.25. The number of ether oxygens (including phenoxy) is 2. The van der Waals surface area contributed by atoms with Crippen LogP contribution in [0.3, 0.4) is 0 Å². The van der Waals surface area contributed by atoms with Crippen LogP contribution in [0.1, 0.15) is 25.0 Å². The van der Waals surface area contributed by atoms with Gasteiger partial charge in [-0.05, 0) is 32.2 Å². The first-order valence-electron chi connectivity index (χ1n) is 8.06. The molecule has 1 aliphatic heterocycles. The molecule has 2 rings (SSSR count). The van der Waals surface area contributed by atoms with Gasteiger partial charge in [0.25, 0.3) is 0 Å². The van der Waals surface area contributed by atoms with E-state index in [0.29, 0.717) is 13.2 Å². The highest BCUT2D eigenvalue weighted by atomic mass is 127. The van der Waals surface area contributed by atoms with E-state index in [1.807, 2.05) is 18.7 Å². The minimum Gasteiger partial charge on any atom is -0.494 e. The van der Waals surface area contributed by atoms with Gasteiger partial charge in [-0.15, -0.1) is 24.0 Å². The maximum Gasteiger partial charge on any atom is 0.191 e. The molecule has 5 nitrogen and oxygen atoms in total. The van der Waals surface area contributed by atoms with Gasteiger partial charge < -0.3 is 20.1 Å². The summed E-state index contributed by atoms with van der Waals surface area (Å²) >= 11 is 1.81. The summed E-state index contributed by atoms with van der Waals surface area (Å²) in [6.45, 7) is 6.30. The van der Waals surface area contributed by atoms with Crippen molar-refractivity contribution >= 4 is 41.7 Å². The number of nitrogens with one attached hydrogen (secondary N) is 2. The molecule has 1 aliphatic rings. The SMILES string of the molecule is CCOc1cc2c(cc1CNC(=NC)NCCSC)OC(C)C2.I. The zero-order valence-electron chi connectivity index (χ0n) is 14.8. The van der Waals surface area contributed by atoms with Crippen LogP contribution in [-0.4, -0.2) is 44.3 Å². The van der Waals surface area contributed by atoms with Crippen molar-refractivity contribution in [2.75, 3.05) is 32.2 Å². The van der Waals surface area contributed by atoms with Crippen molar-refractivity contribution in [1.82, 2.24) is 10.6 Å². The van der Waals surface area contributed by atoms with Gasteiger partial charge >= 0.3 is 0 Å². The van der Waals surface area contributed by atoms with Gasteiger partial charge in [0.15, 0.2) is 5.96 Å². The summed E-state index contributed by atoms with van der Waals surface area (Å²) < 4.78 is 11.7. The van der Waals surface area contributed by atoms with Gasteiger partial charge in [-0.25, -0.2) is 0 Å². The van der Waals surface area contributed by atoms with Crippen molar-refractivity contribution in [2.24, 2.45) is 4.99 Å². The van der Waals surface area contributed by atoms with Gasteiger partial charge in [-0.2, -0.15) is 11.8 Å². The average molecular weight is 465 g/mol. The summed E-state index contributed by atoms with van der Waals surface area (Å²) in [5.74, 6) is 3.76. The zero-order valence-corrected chi connectivity index (χ0v) is 18.0. The van der Waals surface area contributed by atoms with E-state index in [1.165, 1.54) is 5.56 Å². The number of thioether (sulfide) groups is 1. The Morgan fingerprint density at radius 2 is 2.21 bits per heavy atom. The van der Waals surface area contributed by atoms with Crippen LogP contribution in [0.25, 0.3) is 0 Å². The quantitative estimate of drug-likeness (QED) is 0.281. The lowest BCUT2D eigenvalue weighted by Crippen LogP contribution is -2.38. The summed E-state index contributed by atoms with van der Waals surface area (Å²) in [7, 11) is 1.78. The van der Waals surface area contributed by atoms with Gasteiger partial charge in [-0.1, -0.05) is 0 Å². The third-order valence-corrected chi connectivity index (χ3v) is 4.26. The Balaban J connectivity index is 0.00000288. The zero-order chi connectivity index (χ0) is 16.7. The van der Waals surface area contributed by atoms with E-state index in [9.17, 15) is 0 Å². The number of benzene rings is 1. The van der Waals surface area contributed by atoms with Gasteiger partial charge in [0, 0.05) is 43.4 Å². The molecular weight excluding hydrogens is 437 g/mol. The van der Waals surface area contributed by atoms with Crippen LogP contribution in [0.5, 0.6) is 11.5 Å². The normalized spacial score (nSPS) is 16.0. The maximum absolute atomic E-state index is 5.86. The second kappa shape index (κ2) is 10.9. The van der Waals surface area contributed by atoms with Gasteiger partial charge in [-0.3, -0.25) is 4.99 Å². The molecule has 0 amide bonds. The Labute approximate surface area is 166 Å². The van der Waals surface area contributed by atoms with E-state index in [2.05, 4.69) is 40.9 Å². The molecule has 136 valence electrons. The molecule has 0 fully saturated rings. The Bertz CT molecular complexity index is 555. The van der Waals surface area contributed by atoms with Crippen LogP contribution in [0.2, 0.25) is 0 Å². The molecular formula is C17H28IN3O2S. The van der Waals surface area contributed by atoms with Crippen molar-refractivity contribution in [3.63, 3.8) is 0 Å². The van der Waals surface area contributed by atoms with Crippen LogP contribution in [0.15, 0.2) is 17.1 Å². The highest BCUT2D eigenvalue weighted by molar-refractivity contribution is 14.0. The van der Waals surface area contributed by atoms with E-state index < -0.39 is 0 Å². The van der Waals surface area contributed by atoms with Crippen molar-refractivity contribution in [2.45, 2.75) is 32.9 Å². The van der Waals surface area contributed by atoms with E-state index in [4.69, 9.17) is 9.47 Å². The highest BCUT2D eigenvalue weighted by Gasteiger charge is 2.21. The predicted octanol–water partition coefficient (Wildman–Crippen LogP) is 3.05. The van der Waals surface area contributed by atoms with E-state index in [1.54, 1.807) is 7.05 Å². The molecule has 1 aromatic carbocycles. The molecule has 0 saturated heterocycles. The Kier molecular flexibility index (Phi) is 9.65. The van der Waals surface area contributed by atoms with Crippen LogP contribution in [-0.2, 0) is 13.0 Å². The van der Waals surface area contributed by atoms with E-state index >= 15 is 0 Å². The van der Waals surface area contributed by atoms with E-state index in [0.717, 1.165) is 41.7 Å². The molecule has 1 atom stereocenters. The van der Waals surface area contributed by atoms with Crippen molar-refractivity contribution in [3.05, 3.63) is 23.3 Å². The molecule has 7 heteroatoms. The molecule has 0 aliphatic carbocycles. The summed E-state index contributed by atoms with van der Waals surface area (Å²) in [6, 6.07) is 4.20. The molecule has 1 heterocycles. The lowest BCUT2D eigenvalue weighted by molar-refractivity contribution is 0.254. The fraction of sp³-hybridized carbons (Fsp3) is 0.588. The molecule has 0 bridgehead atoms. The van der Waals surface area contributed by atoms with Crippen molar-refractivity contribution < 1.29 is 9.47 Å². The lowest BCUT2D eigenvalue weighted by atomic mass is 10.1. The van der Waals surface area contributed by atoms with E-state index in [-0.39, 0.29) is 30.1 Å². The van der Waals surface area contributed by atoms with Crippen LogP contribution >= 0.6 is 35.7 Å². The Morgan fingerprint density at radius 3 is 2.88 bits per heavy atom. The first-order valence-corrected chi connectivity index (χ1v) is 9.46. The second-order valence-corrected chi connectivity index (χ2v) is 6.46. The number of nitrogens with zero attached hydrogens (tertiary/aromatic N) is 1. The number of guanidine groups is 1. The molecule has 0 saturated carbocycles. The number of aliphatic imine (C=N–C) groups is 1. The molecule has 2 N–H and O–H groups in total. The highest BCUT2D eigenvalue weighted by Crippen LogP contribution is 2.35. The summed E-state index contributed by atoms with van der Waals surface area (Å²) in [5.41, 5.74) is 2.32. The van der Waals surface area contributed by atoms with Crippen LogP contribution in [0.4, 0.5) is 0 Å². The van der Waals surface area contributed by atoms with Gasteiger partial charge in [0.2, 0.25) is 0 Å². The number of fused-ring (bicyclic) bond motifs is 1. The van der Waals surface area contributed by atoms with Crippen molar-refractivity contribution in [3.8, 4) is 11.5 Å². The smallest absolute Gasteiger partial charge is 0.191 e. The third kappa shape index (κ3) is 5.91. The minimum absolute atomic E-state index is 0. The first kappa shape index (κ1) is 21.2. The molecule has 0 aromatic heterocycles. The fourth-order valence-corrected chi connectivity index (χ4v) is 2.89. The average Bonchev–Trinajstić information content (AvgIpc) is 2.90. The largest absolute Gasteiger partial charge is 0.494 e. The minimum atomic E-state index is 0. The second-order valence-electron chi connectivity index (χ2n) is 5.48. The number of rotatable bonds is 7. The van der Waals surface area contributed by atoms with Crippen molar-refractivity contribution in [1.29, 1.82) is 0 Å². The van der Waals surface area contributed by atoms with Crippen LogP contribution in [0, 0.1) is 0 Å². The topological polar surface area (TPSA) is 54.9 Å².